The number of aromatic nitrogens is 2. The Labute approximate surface area is 84.0 Å². The fourth-order valence-electron chi connectivity index (χ4n) is 1.81. The van der Waals surface area contributed by atoms with E-state index in [1.165, 1.54) is 0 Å². The van der Waals surface area contributed by atoms with Crippen LogP contribution in [0.2, 0.25) is 0 Å². The van der Waals surface area contributed by atoms with E-state index >= 15 is 0 Å². The van der Waals surface area contributed by atoms with Crippen molar-refractivity contribution < 1.29 is 4.74 Å². The van der Waals surface area contributed by atoms with Crippen LogP contribution in [0.3, 0.4) is 0 Å². The Morgan fingerprint density at radius 1 is 1.43 bits per heavy atom. The molecule has 1 aromatic heterocycles. The van der Waals surface area contributed by atoms with E-state index in [1.54, 1.807) is 0 Å². The molecule has 0 unspecified atom stereocenters. The lowest BCUT2D eigenvalue weighted by Gasteiger charge is -2.27. The van der Waals surface area contributed by atoms with Crippen molar-refractivity contribution >= 4 is 5.69 Å². The molecule has 4 nitrogen and oxygen atoms in total. The van der Waals surface area contributed by atoms with Crippen molar-refractivity contribution in [1.29, 1.82) is 0 Å². The lowest BCUT2D eigenvalue weighted by Crippen LogP contribution is -2.32. The minimum atomic E-state index is 0.410. The van der Waals surface area contributed by atoms with Crippen molar-refractivity contribution in [1.82, 2.24) is 9.78 Å². The third-order valence-corrected chi connectivity index (χ3v) is 2.76. The summed E-state index contributed by atoms with van der Waals surface area (Å²) in [6.45, 7) is 5.75. The maximum atomic E-state index is 6.02. The smallest absolute Gasteiger partial charge is 0.0989 e. The third-order valence-electron chi connectivity index (χ3n) is 2.76. The molecule has 78 valence electrons. The maximum absolute atomic E-state index is 6.02. The molecule has 0 aliphatic carbocycles. The summed E-state index contributed by atoms with van der Waals surface area (Å²) in [6, 6.07) is 0.410. The zero-order valence-electron chi connectivity index (χ0n) is 8.79. The first kappa shape index (κ1) is 9.52. The minimum Gasteiger partial charge on any atom is -0.396 e. The molecule has 0 amide bonds. The maximum Gasteiger partial charge on any atom is 0.0989 e. The third kappa shape index (κ3) is 1.30. The summed E-state index contributed by atoms with van der Waals surface area (Å²) in [6.07, 6.45) is 1.84. The average Bonchev–Trinajstić information content (AvgIpc) is 2.40. The van der Waals surface area contributed by atoms with Gasteiger partial charge < -0.3 is 10.5 Å². The van der Waals surface area contributed by atoms with Crippen molar-refractivity contribution in [3.05, 3.63) is 11.4 Å². The molecule has 2 heterocycles. The van der Waals surface area contributed by atoms with Crippen LogP contribution >= 0.6 is 0 Å². The average molecular weight is 195 g/mol. The summed E-state index contributed by atoms with van der Waals surface area (Å²) < 4.78 is 7.22. The van der Waals surface area contributed by atoms with E-state index in [-0.39, 0.29) is 0 Å². The molecule has 4 heteroatoms. The van der Waals surface area contributed by atoms with Crippen molar-refractivity contribution in [3.63, 3.8) is 0 Å². The summed E-state index contributed by atoms with van der Waals surface area (Å²) in [5.74, 6) is 0. The molecule has 1 fully saturated rings. The molecule has 0 bridgehead atoms. The summed E-state index contributed by atoms with van der Waals surface area (Å²) in [5.41, 5.74) is 9.08. The molecular weight excluding hydrogens is 178 g/mol. The quantitative estimate of drug-likeness (QED) is 0.787. The van der Waals surface area contributed by atoms with Crippen LogP contribution in [0.4, 0.5) is 5.69 Å². The molecule has 0 spiro atoms. The van der Waals surface area contributed by atoms with Crippen LogP contribution in [0, 0.1) is 0 Å². The van der Waals surface area contributed by atoms with E-state index in [9.17, 15) is 0 Å². The number of aryl methyl sites for hydroxylation is 1. The molecule has 14 heavy (non-hydrogen) atoms. The second-order valence-corrected chi connectivity index (χ2v) is 3.65. The highest BCUT2D eigenvalue weighted by Gasteiger charge is 2.25. The molecule has 0 aromatic carbocycles. The molecule has 2 rings (SSSR count). The topological polar surface area (TPSA) is 53.1 Å². The van der Waals surface area contributed by atoms with Crippen molar-refractivity contribution in [3.8, 4) is 0 Å². The van der Waals surface area contributed by atoms with E-state index in [2.05, 4.69) is 23.6 Å². The zero-order valence-corrected chi connectivity index (χ0v) is 8.79. The van der Waals surface area contributed by atoms with Crippen LogP contribution in [-0.2, 0) is 17.6 Å². The van der Waals surface area contributed by atoms with Gasteiger partial charge in [-0.1, -0.05) is 13.8 Å². The predicted molar refractivity (Wildman–Crippen MR) is 55.3 cm³/mol. The second-order valence-electron chi connectivity index (χ2n) is 3.65. The number of hydrogen-bond acceptors (Lipinski definition) is 3. The molecule has 1 aliphatic heterocycles. The van der Waals surface area contributed by atoms with Gasteiger partial charge in [-0.25, -0.2) is 0 Å². The van der Waals surface area contributed by atoms with E-state index < -0.39 is 0 Å². The Morgan fingerprint density at radius 3 is 2.57 bits per heavy atom. The summed E-state index contributed by atoms with van der Waals surface area (Å²) in [4.78, 5) is 0. The lowest BCUT2D eigenvalue weighted by atomic mass is 10.2. The first-order valence-corrected chi connectivity index (χ1v) is 5.21. The van der Waals surface area contributed by atoms with Gasteiger partial charge in [0.05, 0.1) is 36.3 Å². The molecule has 2 N–H and O–H groups in total. The van der Waals surface area contributed by atoms with Crippen LogP contribution < -0.4 is 5.73 Å². The lowest BCUT2D eigenvalue weighted by molar-refractivity contribution is -0.0298. The summed E-state index contributed by atoms with van der Waals surface area (Å²) in [5, 5.41) is 4.53. The Morgan fingerprint density at radius 2 is 2.14 bits per heavy atom. The summed E-state index contributed by atoms with van der Waals surface area (Å²) >= 11 is 0. The monoisotopic (exact) mass is 195 g/mol. The van der Waals surface area contributed by atoms with Gasteiger partial charge in [0.25, 0.3) is 0 Å². The van der Waals surface area contributed by atoms with Gasteiger partial charge in [-0.05, 0) is 12.8 Å². The highest BCUT2D eigenvalue weighted by molar-refractivity contribution is 5.48. The van der Waals surface area contributed by atoms with Gasteiger partial charge in [-0.15, -0.1) is 0 Å². The number of nitrogens with zero attached hydrogens (tertiary/aromatic N) is 2. The Kier molecular flexibility index (Phi) is 2.46. The molecule has 1 aromatic rings. The van der Waals surface area contributed by atoms with Gasteiger partial charge in [0.15, 0.2) is 0 Å². The molecule has 1 saturated heterocycles. The van der Waals surface area contributed by atoms with Crippen molar-refractivity contribution in [2.45, 2.75) is 32.7 Å². The van der Waals surface area contributed by atoms with Gasteiger partial charge in [0.2, 0.25) is 0 Å². The number of nitrogen functional groups attached to an aromatic ring is 1. The highest BCUT2D eigenvalue weighted by atomic mass is 16.5. The fraction of sp³-hybridized carbons (Fsp3) is 0.700. The van der Waals surface area contributed by atoms with Gasteiger partial charge in [-0.2, -0.15) is 5.10 Å². The van der Waals surface area contributed by atoms with E-state index in [4.69, 9.17) is 10.5 Å². The van der Waals surface area contributed by atoms with Crippen LogP contribution in [-0.4, -0.2) is 23.0 Å². The Bertz CT molecular complexity index is 328. The van der Waals surface area contributed by atoms with Gasteiger partial charge in [0.1, 0.15) is 0 Å². The number of hydrogen-bond donors (Lipinski definition) is 1. The Hall–Kier alpha value is -1.03. The Balaban J connectivity index is 2.36. The largest absolute Gasteiger partial charge is 0.396 e. The number of rotatable bonds is 3. The van der Waals surface area contributed by atoms with Gasteiger partial charge in [0, 0.05) is 0 Å². The number of nitrogens with two attached hydrogens (primary N) is 1. The van der Waals surface area contributed by atoms with Gasteiger partial charge in [-0.3, -0.25) is 4.68 Å². The number of ether oxygens (including phenoxy) is 1. The SMILES string of the molecule is CCc1nn(C2COC2)c(CC)c1N. The second kappa shape index (κ2) is 3.61. The molecule has 1 aliphatic rings. The number of anilines is 1. The normalized spacial score (nSPS) is 17.0. The molecular formula is C10H17N3O. The van der Waals surface area contributed by atoms with Crippen molar-refractivity contribution in [2.24, 2.45) is 0 Å². The predicted octanol–water partition coefficient (Wildman–Crippen LogP) is 1.16. The van der Waals surface area contributed by atoms with E-state index in [1.807, 2.05) is 0 Å². The van der Waals surface area contributed by atoms with E-state index in [0.717, 1.165) is 43.1 Å². The van der Waals surface area contributed by atoms with Crippen LogP contribution in [0.5, 0.6) is 0 Å². The van der Waals surface area contributed by atoms with Crippen LogP contribution in [0.15, 0.2) is 0 Å². The highest BCUT2D eigenvalue weighted by Crippen LogP contribution is 2.25. The van der Waals surface area contributed by atoms with Crippen LogP contribution in [0.1, 0.15) is 31.3 Å². The molecule has 0 radical (unpaired) electrons. The molecule has 0 atom stereocenters. The van der Waals surface area contributed by atoms with E-state index in [0.29, 0.717) is 6.04 Å². The van der Waals surface area contributed by atoms with Crippen LogP contribution in [0.25, 0.3) is 0 Å². The molecule has 0 saturated carbocycles. The standard InChI is InChI=1S/C10H17N3O/c1-3-8-10(11)9(4-2)13(12-8)7-5-14-6-7/h7H,3-6,11H2,1-2H3. The zero-order chi connectivity index (χ0) is 10.1. The first-order valence-electron chi connectivity index (χ1n) is 5.21. The first-order chi connectivity index (χ1) is 6.77. The minimum absolute atomic E-state index is 0.410. The van der Waals surface area contributed by atoms with Crippen molar-refractivity contribution in [2.75, 3.05) is 18.9 Å². The summed E-state index contributed by atoms with van der Waals surface area (Å²) in [7, 11) is 0. The fourth-order valence-corrected chi connectivity index (χ4v) is 1.81. The van der Waals surface area contributed by atoms with Gasteiger partial charge >= 0.3 is 0 Å².